The predicted octanol–water partition coefficient (Wildman–Crippen LogP) is 5.56. The van der Waals surface area contributed by atoms with Crippen molar-refractivity contribution in [2.24, 2.45) is 0 Å². The molecule has 0 spiro atoms. The van der Waals surface area contributed by atoms with Gasteiger partial charge in [-0.25, -0.2) is 4.39 Å². The number of hydrogen-bond donors (Lipinski definition) is 0. The Labute approximate surface area is 155 Å². The molecule has 1 unspecified atom stereocenters. The van der Waals surface area contributed by atoms with Crippen LogP contribution in [0.25, 0.3) is 0 Å². The second kappa shape index (κ2) is 6.79. The number of fused-ring (bicyclic) bond motifs is 1. The number of benzene rings is 2. The summed E-state index contributed by atoms with van der Waals surface area (Å²) in [5.74, 6) is -2.56. The fourth-order valence-electron chi connectivity index (χ4n) is 3.43. The first-order valence-corrected chi connectivity index (χ1v) is 8.24. The van der Waals surface area contributed by atoms with Crippen LogP contribution in [-0.4, -0.2) is 13.0 Å². The number of anilines is 1. The number of rotatable bonds is 1. The summed E-state index contributed by atoms with van der Waals surface area (Å²) < 4.78 is 92.5. The highest BCUT2D eigenvalue weighted by molar-refractivity contribution is 5.99. The number of likely N-dealkylation sites (N-methyl/N-ethyl adjacent to an activating group) is 1. The summed E-state index contributed by atoms with van der Waals surface area (Å²) >= 11 is 0. The fourth-order valence-corrected chi connectivity index (χ4v) is 3.43. The van der Waals surface area contributed by atoms with E-state index in [0.29, 0.717) is 23.4 Å². The standard InChI is InChI=1S/C19H14F7NO/c1-27-16-7-4-12(20)8-10(16)2-5-14(17(27)28)13-6-3-11(18(21,22)23)9-15(13)19(24,25)26/h3-4,6-9,14H,2,5H2,1H3. The molecule has 0 bridgehead atoms. The first-order chi connectivity index (χ1) is 12.9. The average Bonchev–Trinajstić information content (AvgIpc) is 2.70. The minimum atomic E-state index is -5.07. The lowest BCUT2D eigenvalue weighted by atomic mass is 9.88. The second-order valence-electron chi connectivity index (χ2n) is 6.56. The molecular weight excluding hydrogens is 391 g/mol. The summed E-state index contributed by atoms with van der Waals surface area (Å²) in [7, 11) is 1.34. The number of halogens is 7. The van der Waals surface area contributed by atoms with Crippen LogP contribution in [0, 0.1) is 5.82 Å². The van der Waals surface area contributed by atoms with Gasteiger partial charge in [0.2, 0.25) is 5.91 Å². The van der Waals surface area contributed by atoms with Crippen LogP contribution in [0.3, 0.4) is 0 Å². The van der Waals surface area contributed by atoms with Crippen LogP contribution in [0.1, 0.15) is 34.6 Å². The Bertz CT molecular complexity index is 917. The molecule has 0 radical (unpaired) electrons. The Kier molecular flexibility index (Phi) is 4.89. The number of carbonyl (C=O) groups is 1. The number of amides is 1. The molecule has 3 rings (SSSR count). The van der Waals surface area contributed by atoms with Crippen molar-refractivity contribution in [3.05, 3.63) is 64.5 Å². The summed E-state index contributed by atoms with van der Waals surface area (Å²) in [6, 6.07) is 4.94. The van der Waals surface area contributed by atoms with Gasteiger partial charge in [0.25, 0.3) is 0 Å². The van der Waals surface area contributed by atoms with Crippen molar-refractivity contribution in [3.8, 4) is 0 Å². The smallest absolute Gasteiger partial charge is 0.315 e. The molecule has 1 aliphatic rings. The quantitative estimate of drug-likeness (QED) is 0.570. The van der Waals surface area contributed by atoms with E-state index < -0.39 is 46.7 Å². The molecule has 2 aromatic carbocycles. The zero-order chi connectivity index (χ0) is 20.9. The molecular formula is C19H14F7NO. The van der Waals surface area contributed by atoms with E-state index >= 15 is 0 Å². The molecule has 2 aromatic rings. The van der Waals surface area contributed by atoms with E-state index in [4.69, 9.17) is 0 Å². The lowest BCUT2D eigenvalue weighted by molar-refractivity contribution is -0.143. The first kappa shape index (κ1) is 20.2. The molecule has 0 fully saturated rings. The second-order valence-corrected chi connectivity index (χ2v) is 6.56. The summed E-state index contributed by atoms with van der Waals surface area (Å²) in [6.07, 6.45) is -10.0. The van der Waals surface area contributed by atoms with Crippen molar-refractivity contribution in [1.82, 2.24) is 0 Å². The molecule has 0 aromatic heterocycles. The van der Waals surface area contributed by atoms with Gasteiger partial charge in [0.05, 0.1) is 17.0 Å². The van der Waals surface area contributed by atoms with Gasteiger partial charge in [-0.15, -0.1) is 0 Å². The van der Waals surface area contributed by atoms with Gasteiger partial charge in [-0.2, -0.15) is 26.3 Å². The summed E-state index contributed by atoms with van der Waals surface area (Å²) in [5.41, 5.74) is -2.66. The third-order valence-electron chi connectivity index (χ3n) is 4.80. The maximum atomic E-state index is 13.5. The molecule has 0 saturated heterocycles. The van der Waals surface area contributed by atoms with Gasteiger partial charge in [0.15, 0.2) is 0 Å². The Morgan fingerprint density at radius 1 is 0.964 bits per heavy atom. The van der Waals surface area contributed by atoms with Crippen LogP contribution in [-0.2, 0) is 23.6 Å². The number of nitrogens with zero attached hydrogens (tertiary/aromatic N) is 1. The van der Waals surface area contributed by atoms with Crippen LogP contribution in [0.4, 0.5) is 36.4 Å². The molecule has 0 saturated carbocycles. The van der Waals surface area contributed by atoms with Crippen LogP contribution in [0.15, 0.2) is 36.4 Å². The van der Waals surface area contributed by atoms with E-state index in [1.165, 1.54) is 19.2 Å². The van der Waals surface area contributed by atoms with Crippen LogP contribution in [0.5, 0.6) is 0 Å². The summed E-state index contributed by atoms with van der Waals surface area (Å²) in [5, 5.41) is 0. The normalized spacial score (nSPS) is 18.1. The minimum Gasteiger partial charge on any atom is -0.315 e. The maximum absolute atomic E-state index is 13.5. The van der Waals surface area contributed by atoms with E-state index in [-0.39, 0.29) is 18.9 Å². The van der Waals surface area contributed by atoms with E-state index in [2.05, 4.69) is 0 Å². The summed E-state index contributed by atoms with van der Waals surface area (Å²) in [4.78, 5) is 13.9. The first-order valence-electron chi connectivity index (χ1n) is 8.24. The zero-order valence-electron chi connectivity index (χ0n) is 14.5. The Morgan fingerprint density at radius 3 is 2.25 bits per heavy atom. The fraction of sp³-hybridized carbons (Fsp3) is 0.316. The van der Waals surface area contributed by atoms with Gasteiger partial charge < -0.3 is 4.90 Å². The third-order valence-corrected chi connectivity index (χ3v) is 4.80. The molecule has 150 valence electrons. The van der Waals surface area contributed by atoms with Crippen molar-refractivity contribution < 1.29 is 35.5 Å². The van der Waals surface area contributed by atoms with Crippen LogP contribution >= 0.6 is 0 Å². The van der Waals surface area contributed by atoms with Crippen molar-refractivity contribution >= 4 is 11.6 Å². The topological polar surface area (TPSA) is 20.3 Å². The number of alkyl halides is 6. The molecule has 0 N–H and O–H groups in total. The Morgan fingerprint density at radius 2 is 1.64 bits per heavy atom. The average molecular weight is 405 g/mol. The van der Waals surface area contributed by atoms with Crippen LogP contribution in [0.2, 0.25) is 0 Å². The zero-order valence-corrected chi connectivity index (χ0v) is 14.5. The Hall–Kier alpha value is -2.58. The van der Waals surface area contributed by atoms with Crippen LogP contribution < -0.4 is 4.90 Å². The number of aryl methyl sites for hydroxylation is 1. The predicted molar refractivity (Wildman–Crippen MR) is 87.3 cm³/mol. The summed E-state index contributed by atoms with van der Waals surface area (Å²) in [6.45, 7) is 0. The molecule has 28 heavy (non-hydrogen) atoms. The highest BCUT2D eigenvalue weighted by atomic mass is 19.4. The third kappa shape index (κ3) is 3.70. The highest BCUT2D eigenvalue weighted by Gasteiger charge is 2.41. The SMILES string of the molecule is CN1C(=O)C(c2ccc(C(F)(F)F)cc2C(F)(F)F)CCc2cc(F)ccc21. The van der Waals surface area contributed by atoms with Crippen molar-refractivity contribution in [3.63, 3.8) is 0 Å². The van der Waals surface area contributed by atoms with Crippen molar-refractivity contribution in [2.45, 2.75) is 31.1 Å². The van der Waals surface area contributed by atoms with Gasteiger partial charge >= 0.3 is 12.4 Å². The van der Waals surface area contributed by atoms with Gasteiger partial charge in [0, 0.05) is 12.7 Å². The minimum absolute atomic E-state index is 0.0281. The van der Waals surface area contributed by atoms with Gasteiger partial charge in [0.1, 0.15) is 5.82 Å². The van der Waals surface area contributed by atoms with Gasteiger partial charge in [-0.3, -0.25) is 4.79 Å². The maximum Gasteiger partial charge on any atom is 0.416 e. The van der Waals surface area contributed by atoms with E-state index in [1.54, 1.807) is 0 Å². The van der Waals surface area contributed by atoms with E-state index in [1.807, 2.05) is 0 Å². The molecule has 0 aliphatic carbocycles. The van der Waals surface area contributed by atoms with Gasteiger partial charge in [-0.1, -0.05) is 6.07 Å². The molecule has 1 heterocycles. The molecule has 9 heteroatoms. The Balaban J connectivity index is 2.10. The monoisotopic (exact) mass is 405 g/mol. The number of carbonyl (C=O) groups excluding carboxylic acids is 1. The highest BCUT2D eigenvalue weighted by Crippen LogP contribution is 2.42. The van der Waals surface area contributed by atoms with Gasteiger partial charge in [-0.05, 0) is 54.3 Å². The lowest BCUT2D eigenvalue weighted by Crippen LogP contribution is -2.31. The largest absolute Gasteiger partial charge is 0.416 e. The van der Waals surface area contributed by atoms with E-state index in [0.717, 1.165) is 11.0 Å². The lowest BCUT2D eigenvalue weighted by Gasteiger charge is -2.24. The molecule has 1 aliphatic heterocycles. The van der Waals surface area contributed by atoms with Crippen molar-refractivity contribution in [1.29, 1.82) is 0 Å². The molecule has 2 nitrogen and oxygen atoms in total. The van der Waals surface area contributed by atoms with E-state index in [9.17, 15) is 35.5 Å². The van der Waals surface area contributed by atoms with Crippen molar-refractivity contribution in [2.75, 3.05) is 11.9 Å². The molecule has 1 atom stereocenters. The molecule has 1 amide bonds. The number of hydrogen-bond acceptors (Lipinski definition) is 1.